The van der Waals surface area contributed by atoms with E-state index in [0.29, 0.717) is 0 Å². The second-order valence-corrected chi connectivity index (χ2v) is 5.00. The molecule has 0 N–H and O–H groups in total. The second kappa shape index (κ2) is 5.15. The number of rotatable bonds is 6. The smallest absolute Gasteiger partial charge is 0.377 e. The third-order valence-corrected chi connectivity index (χ3v) is 4.10. The molecule has 0 aliphatic rings. The van der Waals surface area contributed by atoms with E-state index in [0.717, 1.165) is 0 Å². The first kappa shape index (κ1) is 11.4. The van der Waals surface area contributed by atoms with Gasteiger partial charge in [-0.15, -0.1) is 0 Å². The van der Waals surface area contributed by atoms with E-state index in [1.807, 2.05) is 0 Å². The molecule has 0 aliphatic heterocycles. The van der Waals surface area contributed by atoms with Gasteiger partial charge in [0.25, 0.3) is 0 Å². The monoisotopic (exact) mass is 192 g/mol. The van der Waals surface area contributed by atoms with Gasteiger partial charge in [-0.25, -0.2) is 0 Å². The van der Waals surface area contributed by atoms with Gasteiger partial charge in [0.2, 0.25) is 0 Å². The lowest BCUT2D eigenvalue weighted by Gasteiger charge is -2.22. The van der Waals surface area contributed by atoms with Crippen LogP contribution in [-0.2, 0) is 22.9 Å². The number of hydrogen-bond acceptors (Lipinski definition) is 5. The number of ketones is 1. The summed E-state index contributed by atoms with van der Waals surface area (Å²) in [6.45, 7) is 0. The number of hydrogen-bond donors (Lipinski definition) is 0. The zero-order chi connectivity index (χ0) is 9.61. The van der Waals surface area contributed by atoms with Crippen LogP contribution in [0.15, 0.2) is 0 Å². The molecule has 0 spiro atoms. The molecule has 0 bridgehead atoms. The summed E-state index contributed by atoms with van der Waals surface area (Å²) in [5, 5.41) is 0. The van der Waals surface area contributed by atoms with Crippen molar-refractivity contribution in [2.45, 2.75) is 6.04 Å². The van der Waals surface area contributed by atoms with Crippen LogP contribution in [0.1, 0.15) is 0 Å². The van der Waals surface area contributed by atoms with Crippen molar-refractivity contribution in [2.75, 3.05) is 21.3 Å². The average Bonchev–Trinajstić information content (AvgIpc) is 2.14. The van der Waals surface area contributed by atoms with Gasteiger partial charge in [0.15, 0.2) is 12.1 Å². The van der Waals surface area contributed by atoms with Crippen LogP contribution in [0.4, 0.5) is 0 Å². The van der Waals surface area contributed by atoms with Crippen molar-refractivity contribution in [3.63, 3.8) is 0 Å². The molecule has 0 radical (unpaired) electrons. The quantitative estimate of drug-likeness (QED) is 0.326. The fourth-order valence-corrected chi connectivity index (χ4v) is 2.16. The van der Waals surface area contributed by atoms with Gasteiger partial charge in [0.1, 0.15) is 0 Å². The Bertz CT molecular complexity index is 157. The van der Waals surface area contributed by atoms with Crippen molar-refractivity contribution >= 4 is 20.9 Å². The van der Waals surface area contributed by atoms with Crippen LogP contribution in [0, 0.1) is 0 Å². The number of aldehydes is 1. The third-order valence-electron chi connectivity index (χ3n) is 1.46. The van der Waals surface area contributed by atoms with Crippen LogP contribution in [0.5, 0.6) is 0 Å². The van der Waals surface area contributed by atoms with E-state index in [-0.39, 0.29) is 12.3 Å². The van der Waals surface area contributed by atoms with Gasteiger partial charge in [-0.1, -0.05) is 0 Å². The lowest BCUT2D eigenvalue weighted by molar-refractivity contribution is -0.129. The van der Waals surface area contributed by atoms with Gasteiger partial charge in [-0.05, 0) is 0 Å². The minimum absolute atomic E-state index is 0.111. The topological polar surface area (TPSA) is 61.8 Å². The van der Waals surface area contributed by atoms with Gasteiger partial charge < -0.3 is 13.3 Å². The predicted molar refractivity (Wildman–Crippen MR) is 42.7 cm³/mol. The Labute approximate surface area is 72.0 Å². The van der Waals surface area contributed by atoms with Gasteiger partial charge in [0, 0.05) is 21.3 Å². The largest absolute Gasteiger partial charge is 0.508 e. The lowest BCUT2D eigenvalue weighted by atomic mass is 10.5. The highest BCUT2D eigenvalue weighted by Crippen LogP contribution is 2.11. The summed E-state index contributed by atoms with van der Waals surface area (Å²) in [6.07, 6.45) is 0.235. The molecule has 0 aromatic rings. The second-order valence-electron chi connectivity index (χ2n) is 2.06. The molecule has 0 fully saturated rings. The van der Waals surface area contributed by atoms with Crippen LogP contribution in [-0.4, -0.2) is 42.2 Å². The summed E-state index contributed by atoms with van der Waals surface area (Å²) in [5.41, 5.74) is 0. The van der Waals surface area contributed by atoms with E-state index < -0.39 is 14.6 Å². The highest BCUT2D eigenvalue weighted by atomic mass is 28.4. The summed E-state index contributed by atoms with van der Waals surface area (Å²) >= 11 is 0. The van der Waals surface area contributed by atoms with E-state index in [1.54, 1.807) is 0 Å². The molecule has 0 aromatic heterocycles. The summed E-state index contributed by atoms with van der Waals surface area (Å²) in [6, 6.07) is -0.111. The zero-order valence-corrected chi connectivity index (χ0v) is 8.33. The van der Waals surface area contributed by atoms with Crippen molar-refractivity contribution < 1.29 is 22.9 Å². The number of Topliss-reactive ketones (excluding diaryl/α,β-unsaturated/α-hetero) is 1. The van der Waals surface area contributed by atoms with Crippen molar-refractivity contribution in [2.24, 2.45) is 0 Å². The van der Waals surface area contributed by atoms with Crippen molar-refractivity contribution in [1.29, 1.82) is 0 Å². The van der Waals surface area contributed by atoms with Gasteiger partial charge in [0.05, 0.1) is 6.04 Å². The molecule has 0 aromatic carbocycles. The Kier molecular flexibility index (Phi) is 4.91. The first-order valence-corrected chi connectivity index (χ1v) is 5.20. The molecule has 0 heterocycles. The molecule has 5 nitrogen and oxygen atoms in total. The van der Waals surface area contributed by atoms with Crippen LogP contribution in [0.3, 0.4) is 0 Å². The minimum atomic E-state index is -2.88. The van der Waals surface area contributed by atoms with Gasteiger partial charge >= 0.3 is 8.80 Å². The average molecular weight is 192 g/mol. The minimum Gasteiger partial charge on any atom is -0.377 e. The Hall–Kier alpha value is -0.563. The van der Waals surface area contributed by atoms with Gasteiger partial charge in [-0.2, -0.15) is 0 Å². The highest BCUT2D eigenvalue weighted by Gasteiger charge is 2.40. The number of carbonyl (C=O) groups excluding carboxylic acids is 2. The molecule has 0 saturated carbocycles. The fraction of sp³-hybridized carbons (Fsp3) is 0.667. The van der Waals surface area contributed by atoms with E-state index in [2.05, 4.69) is 0 Å². The van der Waals surface area contributed by atoms with Crippen LogP contribution < -0.4 is 0 Å². The molecule has 70 valence electrons. The summed E-state index contributed by atoms with van der Waals surface area (Å²) < 4.78 is 14.8. The van der Waals surface area contributed by atoms with Crippen LogP contribution in [0.25, 0.3) is 0 Å². The van der Waals surface area contributed by atoms with E-state index >= 15 is 0 Å². The Balaban J connectivity index is 4.29. The van der Waals surface area contributed by atoms with E-state index in [1.165, 1.54) is 21.3 Å². The van der Waals surface area contributed by atoms with Crippen molar-refractivity contribution in [1.82, 2.24) is 0 Å². The molecule has 0 atom stereocenters. The van der Waals surface area contributed by atoms with Gasteiger partial charge in [-0.3, -0.25) is 9.59 Å². The molecule has 0 aliphatic carbocycles. The first-order chi connectivity index (χ1) is 5.64. The number of carbonyl (C=O) groups is 2. The van der Waals surface area contributed by atoms with E-state index in [4.69, 9.17) is 13.3 Å². The van der Waals surface area contributed by atoms with Crippen LogP contribution in [0.2, 0.25) is 6.04 Å². The van der Waals surface area contributed by atoms with Crippen molar-refractivity contribution in [3.8, 4) is 0 Å². The molecule has 0 rings (SSSR count). The molecule has 0 amide bonds. The molecule has 0 saturated heterocycles. The normalized spacial score (nSPS) is 11.2. The fourth-order valence-electron chi connectivity index (χ4n) is 0.722. The predicted octanol–water partition coefficient (Wildman–Crippen LogP) is -0.368. The van der Waals surface area contributed by atoms with Crippen LogP contribution >= 0.6 is 0 Å². The summed E-state index contributed by atoms with van der Waals surface area (Å²) in [4.78, 5) is 20.8. The van der Waals surface area contributed by atoms with E-state index in [9.17, 15) is 9.59 Å². The maximum absolute atomic E-state index is 10.7. The first-order valence-electron chi connectivity index (χ1n) is 3.27. The Morgan fingerprint density at radius 3 is 1.92 bits per heavy atom. The highest BCUT2D eigenvalue weighted by molar-refractivity contribution is 6.66. The maximum Gasteiger partial charge on any atom is 0.508 e. The Morgan fingerprint density at radius 2 is 1.67 bits per heavy atom. The summed E-state index contributed by atoms with van der Waals surface area (Å²) in [7, 11) is 1.28. The molecule has 6 heteroatoms. The zero-order valence-electron chi connectivity index (χ0n) is 7.33. The lowest BCUT2D eigenvalue weighted by Crippen LogP contribution is -2.44. The Morgan fingerprint density at radius 1 is 1.25 bits per heavy atom. The SMILES string of the molecule is CO[Si](CC(=O)C=O)(OC)OC. The molecule has 12 heavy (non-hydrogen) atoms. The molecular formula is C6H12O5Si. The maximum atomic E-state index is 10.7. The standard InChI is InChI=1S/C6H12O5Si/c1-9-12(10-2,11-3)5-6(8)4-7/h4H,5H2,1-3H3. The molecule has 0 unspecified atom stereocenters. The van der Waals surface area contributed by atoms with Crippen molar-refractivity contribution in [3.05, 3.63) is 0 Å². The molecular weight excluding hydrogens is 180 g/mol. The summed E-state index contributed by atoms with van der Waals surface area (Å²) in [5.74, 6) is -0.577. The third kappa shape index (κ3) is 2.82.